The fraction of sp³-hybridized carbons (Fsp3) is 0.409. The van der Waals surface area contributed by atoms with E-state index >= 15 is 0 Å². The Bertz CT molecular complexity index is 958. The number of nitrogens with zero attached hydrogens (tertiary/aromatic N) is 4. The summed E-state index contributed by atoms with van der Waals surface area (Å²) < 4.78 is 7.49. The summed E-state index contributed by atoms with van der Waals surface area (Å²) >= 11 is 1.47. The molecule has 152 valence electrons. The van der Waals surface area contributed by atoms with Crippen LogP contribution in [0.1, 0.15) is 38.4 Å². The van der Waals surface area contributed by atoms with E-state index in [1.165, 1.54) is 24.6 Å². The minimum Gasteiger partial charge on any atom is -0.469 e. The minimum atomic E-state index is -0.224. The van der Waals surface area contributed by atoms with Crippen LogP contribution < -0.4 is 0 Å². The van der Waals surface area contributed by atoms with Gasteiger partial charge >= 0.3 is 0 Å². The van der Waals surface area contributed by atoms with Crippen molar-refractivity contribution in [2.75, 3.05) is 13.1 Å². The largest absolute Gasteiger partial charge is 0.469 e. The SMILES string of the molecule is Cc1occc1-c1nnc(SC(C)C(=O)N2CCCCCC2)n1-c1ccccc1. The van der Waals surface area contributed by atoms with Crippen molar-refractivity contribution in [2.24, 2.45) is 0 Å². The maximum Gasteiger partial charge on any atom is 0.235 e. The molecule has 1 aliphatic rings. The van der Waals surface area contributed by atoms with Crippen LogP contribution in [-0.4, -0.2) is 43.9 Å². The highest BCUT2D eigenvalue weighted by Crippen LogP contribution is 2.32. The van der Waals surface area contributed by atoms with Crippen molar-refractivity contribution < 1.29 is 9.21 Å². The van der Waals surface area contributed by atoms with Gasteiger partial charge in [0.15, 0.2) is 11.0 Å². The van der Waals surface area contributed by atoms with Crippen LogP contribution in [0.5, 0.6) is 0 Å². The summed E-state index contributed by atoms with van der Waals surface area (Å²) in [5.41, 5.74) is 1.87. The lowest BCUT2D eigenvalue weighted by Gasteiger charge is -2.23. The molecular formula is C22H26N4O2S. The number of aromatic nitrogens is 3. The van der Waals surface area contributed by atoms with Crippen LogP contribution in [0.3, 0.4) is 0 Å². The Kier molecular flexibility index (Phi) is 6.04. The highest BCUT2D eigenvalue weighted by atomic mass is 32.2. The Morgan fingerprint density at radius 1 is 1.07 bits per heavy atom. The molecule has 29 heavy (non-hydrogen) atoms. The first-order valence-corrected chi connectivity index (χ1v) is 11.0. The van der Waals surface area contributed by atoms with Gasteiger partial charge in [0.2, 0.25) is 5.91 Å². The molecule has 1 atom stereocenters. The summed E-state index contributed by atoms with van der Waals surface area (Å²) in [4.78, 5) is 15.0. The minimum absolute atomic E-state index is 0.181. The molecule has 7 heteroatoms. The molecule has 4 rings (SSSR count). The first-order chi connectivity index (χ1) is 14.1. The molecule has 1 aromatic carbocycles. The average molecular weight is 411 g/mol. The van der Waals surface area contributed by atoms with Crippen LogP contribution in [0, 0.1) is 6.92 Å². The normalized spacial score (nSPS) is 15.9. The summed E-state index contributed by atoms with van der Waals surface area (Å²) in [5, 5.41) is 9.37. The van der Waals surface area contributed by atoms with Crippen molar-refractivity contribution in [2.45, 2.75) is 49.9 Å². The van der Waals surface area contributed by atoms with Gasteiger partial charge in [0, 0.05) is 18.8 Å². The van der Waals surface area contributed by atoms with E-state index < -0.39 is 0 Å². The highest BCUT2D eigenvalue weighted by Gasteiger charge is 2.26. The number of carbonyl (C=O) groups is 1. The van der Waals surface area contributed by atoms with Gasteiger partial charge in [-0.1, -0.05) is 42.8 Å². The molecular weight excluding hydrogens is 384 g/mol. The first-order valence-electron chi connectivity index (χ1n) is 10.2. The van der Waals surface area contributed by atoms with Crippen molar-refractivity contribution in [1.29, 1.82) is 0 Å². The van der Waals surface area contributed by atoms with Crippen molar-refractivity contribution in [3.05, 3.63) is 48.4 Å². The zero-order valence-corrected chi connectivity index (χ0v) is 17.7. The number of carbonyl (C=O) groups excluding carboxylic acids is 1. The molecule has 0 aliphatic carbocycles. The average Bonchev–Trinajstić information content (AvgIpc) is 3.23. The fourth-order valence-electron chi connectivity index (χ4n) is 3.70. The number of amides is 1. The van der Waals surface area contributed by atoms with Gasteiger partial charge in [0.05, 0.1) is 17.1 Å². The second-order valence-corrected chi connectivity index (χ2v) is 8.68. The lowest BCUT2D eigenvalue weighted by molar-refractivity contribution is -0.130. The Hall–Kier alpha value is -2.54. The van der Waals surface area contributed by atoms with Gasteiger partial charge in [-0.25, -0.2) is 0 Å². The van der Waals surface area contributed by atoms with E-state index in [1.54, 1.807) is 6.26 Å². The van der Waals surface area contributed by atoms with E-state index in [-0.39, 0.29) is 11.2 Å². The van der Waals surface area contributed by atoms with Gasteiger partial charge < -0.3 is 9.32 Å². The third-order valence-electron chi connectivity index (χ3n) is 5.30. The van der Waals surface area contributed by atoms with Crippen LogP contribution in [0.4, 0.5) is 0 Å². The highest BCUT2D eigenvalue weighted by molar-refractivity contribution is 8.00. The number of para-hydroxylation sites is 1. The quantitative estimate of drug-likeness (QED) is 0.570. The molecule has 1 fully saturated rings. The molecule has 2 aromatic heterocycles. The molecule has 1 unspecified atom stereocenters. The zero-order valence-electron chi connectivity index (χ0n) is 16.9. The van der Waals surface area contributed by atoms with E-state index in [9.17, 15) is 4.79 Å². The Balaban J connectivity index is 1.64. The molecule has 0 radical (unpaired) electrons. The smallest absolute Gasteiger partial charge is 0.235 e. The predicted molar refractivity (Wildman–Crippen MR) is 114 cm³/mol. The molecule has 1 aliphatic heterocycles. The van der Waals surface area contributed by atoms with E-state index in [0.29, 0.717) is 5.16 Å². The van der Waals surface area contributed by atoms with Gasteiger partial charge in [-0.2, -0.15) is 0 Å². The van der Waals surface area contributed by atoms with Crippen molar-refractivity contribution in [3.8, 4) is 17.1 Å². The number of hydrogen-bond acceptors (Lipinski definition) is 5. The third-order valence-corrected chi connectivity index (χ3v) is 6.33. The number of furan rings is 1. The van der Waals surface area contributed by atoms with Gasteiger partial charge in [-0.05, 0) is 44.9 Å². The van der Waals surface area contributed by atoms with Crippen molar-refractivity contribution in [3.63, 3.8) is 0 Å². The number of thioether (sulfide) groups is 1. The van der Waals surface area contributed by atoms with Crippen LogP contribution in [-0.2, 0) is 4.79 Å². The van der Waals surface area contributed by atoms with Gasteiger partial charge in [0.25, 0.3) is 0 Å². The number of benzene rings is 1. The first kappa shape index (κ1) is 19.8. The third kappa shape index (κ3) is 4.24. The number of hydrogen-bond donors (Lipinski definition) is 0. The van der Waals surface area contributed by atoms with Gasteiger partial charge in [-0.3, -0.25) is 9.36 Å². The molecule has 3 heterocycles. The van der Waals surface area contributed by atoms with Gasteiger partial charge in [-0.15, -0.1) is 10.2 Å². The molecule has 1 saturated heterocycles. The number of likely N-dealkylation sites (tertiary alicyclic amines) is 1. The van der Waals surface area contributed by atoms with E-state index in [1.807, 2.05) is 59.7 Å². The Morgan fingerprint density at radius 2 is 1.79 bits per heavy atom. The lowest BCUT2D eigenvalue weighted by Crippen LogP contribution is -2.37. The van der Waals surface area contributed by atoms with E-state index in [0.717, 1.165) is 48.8 Å². The second-order valence-electron chi connectivity index (χ2n) is 7.37. The maximum absolute atomic E-state index is 13.0. The molecule has 0 N–H and O–H groups in total. The predicted octanol–water partition coefficient (Wildman–Crippen LogP) is 4.72. The lowest BCUT2D eigenvalue weighted by atomic mass is 10.2. The van der Waals surface area contributed by atoms with E-state index in [2.05, 4.69) is 10.2 Å². The van der Waals surface area contributed by atoms with E-state index in [4.69, 9.17) is 4.42 Å². The van der Waals surface area contributed by atoms with Crippen LogP contribution >= 0.6 is 11.8 Å². The maximum atomic E-state index is 13.0. The Morgan fingerprint density at radius 3 is 2.45 bits per heavy atom. The molecule has 0 bridgehead atoms. The molecule has 0 spiro atoms. The summed E-state index contributed by atoms with van der Waals surface area (Å²) in [7, 11) is 0. The monoisotopic (exact) mass is 410 g/mol. The van der Waals surface area contributed by atoms with Gasteiger partial charge in [0.1, 0.15) is 5.76 Å². The van der Waals surface area contributed by atoms with Crippen LogP contribution in [0.2, 0.25) is 0 Å². The summed E-state index contributed by atoms with van der Waals surface area (Å²) in [6.45, 7) is 5.59. The summed E-state index contributed by atoms with van der Waals surface area (Å²) in [6, 6.07) is 11.9. The number of aryl methyl sites for hydroxylation is 1. The van der Waals surface area contributed by atoms with Crippen molar-refractivity contribution in [1.82, 2.24) is 19.7 Å². The molecule has 1 amide bonds. The van der Waals surface area contributed by atoms with Crippen LogP contribution in [0.25, 0.3) is 17.1 Å². The molecule has 6 nitrogen and oxygen atoms in total. The number of rotatable bonds is 5. The molecule has 0 saturated carbocycles. The summed E-state index contributed by atoms with van der Waals surface area (Å²) in [5.74, 6) is 1.69. The standard InChI is InChI=1S/C22H26N4O2S/c1-16-19(12-15-28-16)20-23-24-22(26(20)18-10-6-5-7-11-18)29-17(2)21(27)25-13-8-3-4-9-14-25/h5-7,10-12,15,17H,3-4,8-9,13-14H2,1-2H3. The fourth-order valence-corrected chi connectivity index (χ4v) is 4.66. The molecule has 3 aromatic rings. The topological polar surface area (TPSA) is 64.2 Å². The second kappa shape index (κ2) is 8.86. The summed E-state index contributed by atoms with van der Waals surface area (Å²) in [6.07, 6.45) is 6.26. The zero-order chi connectivity index (χ0) is 20.2. The Labute approximate surface area is 175 Å². The van der Waals surface area contributed by atoms with Crippen LogP contribution in [0.15, 0.2) is 52.2 Å². The van der Waals surface area contributed by atoms with Crippen molar-refractivity contribution >= 4 is 17.7 Å².